The van der Waals surface area contributed by atoms with Gasteiger partial charge in [-0.1, -0.05) is 17.7 Å². The average molecular weight is 444 g/mol. The first-order valence-corrected chi connectivity index (χ1v) is 11.2. The van der Waals surface area contributed by atoms with Gasteiger partial charge in [-0.2, -0.15) is 0 Å². The van der Waals surface area contributed by atoms with Crippen molar-refractivity contribution in [3.05, 3.63) is 82.3 Å². The van der Waals surface area contributed by atoms with Crippen molar-refractivity contribution in [3.8, 4) is 5.69 Å². The van der Waals surface area contributed by atoms with E-state index < -0.39 is 0 Å². The van der Waals surface area contributed by atoms with Crippen LogP contribution in [0.5, 0.6) is 0 Å². The molecule has 0 aliphatic heterocycles. The van der Waals surface area contributed by atoms with Crippen LogP contribution >= 0.6 is 0 Å². The number of fused-ring (bicyclic) bond motifs is 1. The third kappa shape index (κ3) is 4.39. The lowest BCUT2D eigenvalue weighted by molar-refractivity contribution is -0.116. The van der Waals surface area contributed by atoms with Gasteiger partial charge < -0.3 is 10.2 Å². The van der Waals surface area contributed by atoms with Crippen LogP contribution in [0, 0.1) is 13.8 Å². The van der Waals surface area contributed by atoms with Crippen LogP contribution in [0.3, 0.4) is 0 Å². The van der Waals surface area contributed by atoms with Gasteiger partial charge in [0.1, 0.15) is 6.54 Å². The van der Waals surface area contributed by atoms with E-state index in [0.29, 0.717) is 16.7 Å². The van der Waals surface area contributed by atoms with E-state index in [2.05, 4.69) is 35.1 Å². The number of benzene rings is 2. The molecule has 0 unspecified atom stereocenters. The van der Waals surface area contributed by atoms with Crippen LogP contribution < -0.4 is 15.8 Å². The van der Waals surface area contributed by atoms with Gasteiger partial charge in [0.25, 0.3) is 5.56 Å². The molecule has 0 aliphatic carbocycles. The first-order valence-electron chi connectivity index (χ1n) is 11.2. The zero-order chi connectivity index (χ0) is 23.5. The topological polar surface area (TPSA) is 72.2 Å². The molecule has 0 fully saturated rings. The normalized spacial score (nSPS) is 11.0. The summed E-state index contributed by atoms with van der Waals surface area (Å²) in [5, 5.41) is 3.48. The van der Waals surface area contributed by atoms with Gasteiger partial charge in [0.05, 0.1) is 11.1 Å². The Kier molecular flexibility index (Phi) is 6.31. The van der Waals surface area contributed by atoms with Gasteiger partial charge in [-0.25, -0.2) is 9.67 Å². The largest absolute Gasteiger partial charge is 0.372 e. The quantitative estimate of drug-likeness (QED) is 0.463. The number of aromatic nitrogens is 3. The number of rotatable bonds is 7. The molecule has 2 heterocycles. The second kappa shape index (κ2) is 9.32. The van der Waals surface area contributed by atoms with Crippen LogP contribution in [0.2, 0.25) is 0 Å². The van der Waals surface area contributed by atoms with Crippen LogP contribution in [0.15, 0.2) is 65.6 Å². The minimum Gasteiger partial charge on any atom is -0.372 e. The molecule has 170 valence electrons. The number of amides is 1. The first-order chi connectivity index (χ1) is 15.9. The van der Waals surface area contributed by atoms with Crippen LogP contribution in [-0.2, 0) is 11.3 Å². The number of nitrogens with one attached hydrogen (secondary N) is 1. The molecule has 1 N–H and O–H groups in total. The van der Waals surface area contributed by atoms with Crippen molar-refractivity contribution in [2.45, 2.75) is 34.2 Å². The molecule has 0 atom stereocenters. The van der Waals surface area contributed by atoms with Gasteiger partial charge >= 0.3 is 0 Å². The molecule has 2 aromatic heterocycles. The lowest BCUT2D eigenvalue weighted by Crippen LogP contribution is -2.27. The molecule has 7 heteroatoms. The zero-order valence-corrected chi connectivity index (χ0v) is 19.5. The molecule has 0 radical (unpaired) electrons. The van der Waals surface area contributed by atoms with Gasteiger partial charge in [0.15, 0.2) is 5.65 Å². The summed E-state index contributed by atoms with van der Waals surface area (Å²) in [7, 11) is 0. The van der Waals surface area contributed by atoms with Crippen LogP contribution in [0.4, 0.5) is 11.4 Å². The van der Waals surface area contributed by atoms with Gasteiger partial charge in [-0.3, -0.25) is 14.3 Å². The summed E-state index contributed by atoms with van der Waals surface area (Å²) in [6.45, 7) is 10.0. The SMILES string of the molecule is CCN(CC)c1ccc(NC(=O)Cn2c3ncccc3c(=O)n2-c2ccc(C)cc2)c(C)c1. The maximum Gasteiger partial charge on any atom is 0.280 e. The fraction of sp³-hybridized carbons (Fsp3) is 0.269. The molecule has 0 spiro atoms. The Morgan fingerprint density at radius 1 is 1.03 bits per heavy atom. The Balaban J connectivity index is 1.67. The molecule has 33 heavy (non-hydrogen) atoms. The van der Waals surface area contributed by atoms with Crippen molar-refractivity contribution >= 4 is 28.3 Å². The van der Waals surface area contributed by atoms with Crippen LogP contribution in [-0.4, -0.2) is 33.3 Å². The van der Waals surface area contributed by atoms with E-state index in [0.717, 1.165) is 35.6 Å². The third-order valence-corrected chi connectivity index (χ3v) is 5.88. The van der Waals surface area contributed by atoms with Crippen molar-refractivity contribution in [2.75, 3.05) is 23.3 Å². The van der Waals surface area contributed by atoms with E-state index in [1.807, 2.05) is 50.2 Å². The molecule has 0 saturated carbocycles. The molecule has 4 aromatic rings. The van der Waals surface area contributed by atoms with Crippen molar-refractivity contribution in [1.29, 1.82) is 0 Å². The Bertz CT molecular complexity index is 1350. The maximum atomic E-state index is 13.2. The zero-order valence-electron chi connectivity index (χ0n) is 19.5. The van der Waals surface area contributed by atoms with E-state index in [-0.39, 0.29) is 18.0 Å². The lowest BCUT2D eigenvalue weighted by Gasteiger charge is -2.22. The highest BCUT2D eigenvalue weighted by atomic mass is 16.2. The number of carbonyl (C=O) groups excluding carboxylic acids is 1. The minimum absolute atomic E-state index is 0.0408. The van der Waals surface area contributed by atoms with Crippen molar-refractivity contribution < 1.29 is 4.79 Å². The van der Waals surface area contributed by atoms with Crippen molar-refractivity contribution in [1.82, 2.24) is 14.3 Å². The summed E-state index contributed by atoms with van der Waals surface area (Å²) < 4.78 is 3.16. The van der Waals surface area contributed by atoms with Crippen LogP contribution in [0.25, 0.3) is 16.7 Å². The maximum absolute atomic E-state index is 13.2. The predicted octanol–water partition coefficient (Wildman–Crippen LogP) is 4.29. The van der Waals surface area contributed by atoms with E-state index in [9.17, 15) is 9.59 Å². The summed E-state index contributed by atoms with van der Waals surface area (Å²) in [5.41, 5.74) is 4.93. The van der Waals surface area contributed by atoms with E-state index >= 15 is 0 Å². The summed E-state index contributed by atoms with van der Waals surface area (Å²) in [6, 6.07) is 17.1. The van der Waals surface area contributed by atoms with E-state index in [1.54, 1.807) is 23.0 Å². The smallest absolute Gasteiger partial charge is 0.280 e. The van der Waals surface area contributed by atoms with Crippen molar-refractivity contribution in [2.24, 2.45) is 0 Å². The number of pyridine rings is 1. The van der Waals surface area contributed by atoms with Gasteiger partial charge in [-0.15, -0.1) is 0 Å². The summed E-state index contributed by atoms with van der Waals surface area (Å²) >= 11 is 0. The number of carbonyl (C=O) groups is 1. The molecule has 1 amide bonds. The van der Waals surface area contributed by atoms with Gasteiger partial charge in [-0.05, 0) is 75.7 Å². The highest BCUT2D eigenvalue weighted by molar-refractivity contribution is 5.92. The van der Waals surface area contributed by atoms with Gasteiger partial charge in [0, 0.05) is 30.7 Å². The molecule has 0 saturated heterocycles. The number of nitrogens with zero attached hydrogens (tertiary/aromatic N) is 4. The highest BCUT2D eigenvalue weighted by Crippen LogP contribution is 2.23. The van der Waals surface area contributed by atoms with Crippen LogP contribution in [0.1, 0.15) is 25.0 Å². The number of hydrogen-bond acceptors (Lipinski definition) is 4. The second-order valence-corrected chi connectivity index (χ2v) is 8.10. The third-order valence-electron chi connectivity index (χ3n) is 5.88. The average Bonchev–Trinajstić information content (AvgIpc) is 3.08. The number of hydrogen-bond donors (Lipinski definition) is 1. The molecular weight excluding hydrogens is 414 g/mol. The number of anilines is 2. The standard InChI is InChI=1S/C26H29N5O2/c1-5-29(6-2)21-13-14-23(19(4)16-21)28-24(32)17-30-25-22(8-7-15-27-25)26(33)31(30)20-11-9-18(3)10-12-20/h7-16H,5-6,17H2,1-4H3,(H,28,32). The first kappa shape index (κ1) is 22.3. The summed E-state index contributed by atoms with van der Waals surface area (Å²) in [6.07, 6.45) is 1.63. The fourth-order valence-electron chi connectivity index (χ4n) is 4.08. The second-order valence-electron chi connectivity index (χ2n) is 8.10. The summed E-state index contributed by atoms with van der Waals surface area (Å²) in [5.74, 6) is -0.225. The van der Waals surface area contributed by atoms with Gasteiger partial charge in [0.2, 0.25) is 5.91 Å². The molecular formula is C26H29N5O2. The molecule has 4 rings (SSSR count). The Hall–Kier alpha value is -3.87. The fourth-order valence-corrected chi connectivity index (χ4v) is 4.08. The molecule has 0 aliphatic rings. The number of aryl methyl sites for hydroxylation is 2. The Morgan fingerprint density at radius 3 is 2.42 bits per heavy atom. The molecule has 7 nitrogen and oxygen atoms in total. The van der Waals surface area contributed by atoms with Crippen molar-refractivity contribution in [3.63, 3.8) is 0 Å². The summed E-state index contributed by atoms with van der Waals surface area (Å²) in [4.78, 5) is 32.9. The van der Waals surface area contributed by atoms with E-state index in [4.69, 9.17) is 0 Å². The Labute approximate surface area is 193 Å². The molecule has 0 bridgehead atoms. The molecule has 2 aromatic carbocycles. The Morgan fingerprint density at radius 2 is 1.76 bits per heavy atom. The highest BCUT2D eigenvalue weighted by Gasteiger charge is 2.18. The lowest BCUT2D eigenvalue weighted by atomic mass is 10.1. The predicted molar refractivity (Wildman–Crippen MR) is 133 cm³/mol. The van der Waals surface area contributed by atoms with E-state index in [1.165, 1.54) is 4.68 Å². The monoisotopic (exact) mass is 443 g/mol. The minimum atomic E-state index is -0.225.